The van der Waals surface area contributed by atoms with Gasteiger partial charge in [0, 0.05) is 6.54 Å². The maximum absolute atomic E-state index is 5.67. The molecule has 0 bridgehead atoms. The van der Waals surface area contributed by atoms with E-state index in [0.29, 0.717) is 0 Å². The number of rotatable bonds is 3. The summed E-state index contributed by atoms with van der Waals surface area (Å²) >= 11 is 0. The molecular weight excluding hydrogens is 148 g/mol. The molecule has 12 heavy (non-hydrogen) atoms. The van der Waals surface area contributed by atoms with Crippen LogP contribution in [0.2, 0.25) is 0 Å². The van der Waals surface area contributed by atoms with Crippen molar-refractivity contribution in [3.05, 3.63) is 0 Å². The molecule has 1 fully saturated rings. The molecule has 1 aliphatic rings. The van der Waals surface area contributed by atoms with E-state index in [-0.39, 0.29) is 0 Å². The number of piperidine rings is 1. The van der Waals surface area contributed by atoms with Gasteiger partial charge in [0.1, 0.15) is 0 Å². The highest BCUT2D eigenvalue weighted by Crippen LogP contribution is 2.21. The van der Waals surface area contributed by atoms with E-state index < -0.39 is 0 Å². The highest BCUT2D eigenvalue weighted by molar-refractivity contribution is 4.57. The van der Waals surface area contributed by atoms with E-state index >= 15 is 0 Å². The van der Waals surface area contributed by atoms with E-state index in [2.05, 4.69) is 13.8 Å². The molecule has 0 aliphatic carbocycles. The van der Waals surface area contributed by atoms with Crippen molar-refractivity contribution in [2.75, 3.05) is 26.2 Å². The third kappa shape index (κ3) is 1.99. The Kier molecular flexibility index (Phi) is 3.53. The summed E-state index contributed by atoms with van der Waals surface area (Å²) in [7, 11) is 0. The standard InChI is InChI=1S/C10H23N2/c1-10(2)12(9-6-11)7-4-3-5-8-12/h10H,3-9,11H2,1-2H3/q+1. The Bertz CT molecular complexity index is 120. The fraction of sp³-hybridized carbons (Fsp3) is 1.00. The molecule has 1 rings (SSSR count). The Labute approximate surface area is 76.3 Å². The second-order valence-electron chi connectivity index (χ2n) is 4.33. The summed E-state index contributed by atoms with van der Waals surface area (Å²) in [5.74, 6) is 0. The Morgan fingerprint density at radius 2 is 1.75 bits per heavy atom. The average Bonchev–Trinajstić information content (AvgIpc) is 2.06. The first-order valence-electron chi connectivity index (χ1n) is 5.27. The van der Waals surface area contributed by atoms with Crippen molar-refractivity contribution in [2.24, 2.45) is 5.73 Å². The summed E-state index contributed by atoms with van der Waals surface area (Å²) in [6.45, 7) is 9.40. The minimum atomic E-state index is 0.758. The molecule has 2 nitrogen and oxygen atoms in total. The third-order valence-corrected chi connectivity index (χ3v) is 3.38. The van der Waals surface area contributed by atoms with Crippen LogP contribution in [0.5, 0.6) is 0 Å². The van der Waals surface area contributed by atoms with Crippen molar-refractivity contribution >= 4 is 0 Å². The van der Waals surface area contributed by atoms with Gasteiger partial charge in [-0.25, -0.2) is 0 Å². The fourth-order valence-corrected chi connectivity index (χ4v) is 2.40. The van der Waals surface area contributed by atoms with Gasteiger partial charge in [0.25, 0.3) is 0 Å². The molecule has 0 aromatic carbocycles. The molecule has 0 aromatic heterocycles. The fourth-order valence-electron chi connectivity index (χ4n) is 2.40. The first-order valence-corrected chi connectivity index (χ1v) is 5.27. The number of nitrogens with two attached hydrogens (primary N) is 1. The summed E-state index contributed by atoms with van der Waals surface area (Å²) < 4.78 is 1.27. The number of hydrogen-bond acceptors (Lipinski definition) is 1. The Morgan fingerprint density at radius 1 is 1.17 bits per heavy atom. The highest BCUT2D eigenvalue weighted by Gasteiger charge is 2.31. The molecule has 0 atom stereocenters. The second kappa shape index (κ2) is 4.24. The molecule has 1 aliphatic heterocycles. The van der Waals surface area contributed by atoms with Crippen LogP contribution in [0.15, 0.2) is 0 Å². The number of hydrogen-bond donors (Lipinski definition) is 1. The van der Waals surface area contributed by atoms with Gasteiger partial charge in [0.05, 0.1) is 25.7 Å². The van der Waals surface area contributed by atoms with Crippen LogP contribution in [-0.4, -0.2) is 36.7 Å². The zero-order valence-electron chi connectivity index (χ0n) is 8.55. The first-order chi connectivity index (χ1) is 5.71. The normalized spacial score (nSPS) is 23.0. The SMILES string of the molecule is CC(C)[N+]1(CCN)CCCCC1. The van der Waals surface area contributed by atoms with Crippen LogP contribution in [0.4, 0.5) is 0 Å². The first kappa shape index (κ1) is 10.0. The lowest BCUT2D eigenvalue weighted by atomic mass is 10.0. The minimum Gasteiger partial charge on any atom is -0.326 e. The van der Waals surface area contributed by atoms with Gasteiger partial charge in [-0.15, -0.1) is 0 Å². The van der Waals surface area contributed by atoms with Crippen LogP contribution in [0, 0.1) is 0 Å². The Balaban J connectivity index is 2.56. The second-order valence-corrected chi connectivity index (χ2v) is 4.33. The molecule has 0 spiro atoms. The Hall–Kier alpha value is -0.0800. The zero-order valence-corrected chi connectivity index (χ0v) is 8.55. The predicted molar refractivity (Wildman–Crippen MR) is 52.9 cm³/mol. The largest absolute Gasteiger partial charge is 0.326 e. The van der Waals surface area contributed by atoms with E-state index in [1.165, 1.54) is 43.4 Å². The monoisotopic (exact) mass is 171 g/mol. The average molecular weight is 171 g/mol. The zero-order chi connectivity index (χ0) is 9.03. The molecular formula is C10H23N2+. The van der Waals surface area contributed by atoms with Crippen molar-refractivity contribution in [2.45, 2.75) is 39.2 Å². The van der Waals surface area contributed by atoms with Gasteiger partial charge < -0.3 is 10.2 Å². The molecule has 1 saturated heterocycles. The van der Waals surface area contributed by atoms with Gasteiger partial charge in [-0.3, -0.25) is 0 Å². The Morgan fingerprint density at radius 3 is 2.17 bits per heavy atom. The lowest BCUT2D eigenvalue weighted by Crippen LogP contribution is -2.58. The van der Waals surface area contributed by atoms with Gasteiger partial charge in [0.2, 0.25) is 0 Å². The van der Waals surface area contributed by atoms with Crippen molar-refractivity contribution in [3.63, 3.8) is 0 Å². The van der Waals surface area contributed by atoms with Gasteiger partial charge in [-0.1, -0.05) is 0 Å². The van der Waals surface area contributed by atoms with Crippen molar-refractivity contribution in [1.29, 1.82) is 0 Å². The van der Waals surface area contributed by atoms with E-state index in [9.17, 15) is 0 Å². The van der Waals surface area contributed by atoms with E-state index in [4.69, 9.17) is 5.73 Å². The smallest absolute Gasteiger partial charge is 0.0913 e. The van der Waals surface area contributed by atoms with Crippen molar-refractivity contribution in [1.82, 2.24) is 0 Å². The topological polar surface area (TPSA) is 26.0 Å². The minimum absolute atomic E-state index is 0.758. The summed E-state index contributed by atoms with van der Waals surface area (Å²) in [5, 5.41) is 0. The van der Waals surface area contributed by atoms with Gasteiger partial charge in [-0.2, -0.15) is 0 Å². The third-order valence-electron chi connectivity index (χ3n) is 3.38. The van der Waals surface area contributed by atoms with Crippen molar-refractivity contribution in [3.8, 4) is 0 Å². The van der Waals surface area contributed by atoms with Gasteiger partial charge in [0.15, 0.2) is 0 Å². The predicted octanol–water partition coefficient (Wildman–Crippen LogP) is 1.35. The van der Waals surface area contributed by atoms with Crippen LogP contribution in [0.25, 0.3) is 0 Å². The quantitative estimate of drug-likeness (QED) is 0.637. The summed E-state index contributed by atoms with van der Waals surface area (Å²) in [5.41, 5.74) is 5.67. The number of nitrogens with zero attached hydrogens (tertiary/aromatic N) is 1. The van der Waals surface area contributed by atoms with Crippen LogP contribution >= 0.6 is 0 Å². The molecule has 2 N–H and O–H groups in total. The molecule has 0 saturated carbocycles. The highest BCUT2D eigenvalue weighted by atomic mass is 15.4. The molecule has 0 radical (unpaired) electrons. The molecule has 2 heteroatoms. The molecule has 0 unspecified atom stereocenters. The summed E-state index contributed by atoms with van der Waals surface area (Å²) in [6, 6.07) is 0.758. The lowest BCUT2D eigenvalue weighted by molar-refractivity contribution is -0.950. The maximum Gasteiger partial charge on any atom is 0.0913 e. The lowest BCUT2D eigenvalue weighted by Gasteiger charge is -2.44. The van der Waals surface area contributed by atoms with Crippen LogP contribution in [-0.2, 0) is 0 Å². The van der Waals surface area contributed by atoms with Gasteiger partial charge >= 0.3 is 0 Å². The van der Waals surface area contributed by atoms with E-state index in [1.807, 2.05) is 0 Å². The van der Waals surface area contributed by atoms with Gasteiger partial charge in [-0.05, 0) is 33.1 Å². The maximum atomic E-state index is 5.67. The van der Waals surface area contributed by atoms with E-state index in [0.717, 1.165) is 12.6 Å². The molecule has 0 amide bonds. The number of quaternary nitrogens is 1. The van der Waals surface area contributed by atoms with E-state index in [1.54, 1.807) is 0 Å². The van der Waals surface area contributed by atoms with Crippen molar-refractivity contribution < 1.29 is 4.48 Å². The van der Waals surface area contributed by atoms with Crippen LogP contribution < -0.4 is 5.73 Å². The van der Waals surface area contributed by atoms with Crippen LogP contribution in [0.1, 0.15) is 33.1 Å². The molecule has 72 valence electrons. The molecule has 1 heterocycles. The number of likely N-dealkylation sites (tertiary alicyclic amines) is 1. The summed E-state index contributed by atoms with van der Waals surface area (Å²) in [6.07, 6.45) is 4.23. The summed E-state index contributed by atoms with van der Waals surface area (Å²) in [4.78, 5) is 0. The van der Waals surface area contributed by atoms with Crippen LogP contribution in [0.3, 0.4) is 0 Å². The molecule has 0 aromatic rings.